The zero-order chi connectivity index (χ0) is 14.4. The van der Waals surface area contributed by atoms with Crippen LogP contribution in [-0.2, 0) is 9.59 Å². The highest BCUT2D eigenvalue weighted by Gasteiger charge is 2.25. The predicted octanol–water partition coefficient (Wildman–Crippen LogP) is 1.73. The van der Waals surface area contributed by atoms with E-state index in [1.807, 2.05) is 6.92 Å². The minimum atomic E-state index is -0.992. The Morgan fingerprint density at radius 1 is 1.26 bits per heavy atom. The average Bonchev–Trinajstić information content (AvgIpc) is 2.36. The van der Waals surface area contributed by atoms with Crippen molar-refractivity contribution in [1.29, 1.82) is 0 Å². The molecule has 0 fully saturated rings. The van der Waals surface area contributed by atoms with E-state index in [1.54, 1.807) is 38.4 Å². The molecule has 0 saturated carbocycles. The van der Waals surface area contributed by atoms with Crippen LogP contribution in [0.2, 0.25) is 0 Å². The van der Waals surface area contributed by atoms with Gasteiger partial charge in [-0.3, -0.25) is 9.59 Å². The molecule has 1 unspecified atom stereocenters. The Hall–Kier alpha value is -2.04. The van der Waals surface area contributed by atoms with Crippen molar-refractivity contribution in [3.8, 4) is 5.75 Å². The fourth-order valence-electron chi connectivity index (χ4n) is 1.80. The summed E-state index contributed by atoms with van der Waals surface area (Å²) < 4.78 is 5.32. The molecule has 5 heteroatoms. The van der Waals surface area contributed by atoms with Crippen LogP contribution in [0.15, 0.2) is 24.3 Å². The van der Waals surface area contributed by atoms with Gasteiger partial charge >= 0.3 is 5.97 Å². The molecule has 104 valence electrons. The number of carboxylic acid groups (broad SMARTS) is 1. The van der Waals surface area contributed by atoms with Gasteiger partial charge in [-0.15, -0.1) is 0 Å². The van der Waals surface area contributed by atoms with Crippen LogP contribution in [0.5, 0.6) is 5.75 Å². The Balaban J connectivity index is 2.96. The van der Waals surface area contributed by atoms with Crippen LogP contribution in [0.4, 0.5) is 0 Å². The molecular formula is C14H19NO4. The van der Waals surface area contributed by atoms with Gasteiger partial charge in [-0.1, -0.05) is 12.1 Å². The highest BCUT2D eigenvalue weighted by molar-refractivity contribution is 5.87. The van der Waals surface area contributed by atoms with Gasteiger partial charge in [0, 0.05) is 14.1 Å². The van der Waals surface area contributed by atoms with Crippen LogP contribution in [0.25, 0.3) is 0 Å². The van der Waals surface area contributed by atoms with Gasteiger partial charge in [0.05, 0.1) is 18.9 Å². The second-order valence-electron chi connectivity index (χ2n) is 4.39. The lowest BCUT2D eigenvalue weighted by Gasteiger charge is -2.19. The summed E-state index contributed by atoms with van der Waals surface area (Å²) in [6, 6.07) is 6.97. The van der Waals surface area contributed by atoms with Crippen molar-refractivity contribution in [3.63, 3.8) is 0 Å². The average molecular weight is 265 g/mol. The smallest absolute Gasteiger partial charge is 0.304 e. The highest BCUT2D eigenvalue weighted by atomic mass is 16.5. The zero-order valence-corrected chi connectivity index (χ0v) is 11.4. The third-order valence-corrected chi connectivity index (χ3v) is 2.71. The molecule has 1 rings (SSSR count). The summed E-state index contributed by atoms with van der Waals surface area (Å²) in [5.74, 6) is -1.17. The first-order valence-electron chi connectivity index (χ1n) is 6.11. The largest absolute Gasteiger partial charge is 0.494 e. The van der Waals surface area contributed by atoms with Crippen molar-refractivity contribution >= 4 is 11.9 Å². The fraction of sp³-hybridized carbons (Fsp3) is 0.429. The number of likely N-dealkylation sites (N-methyl/N-ethyl adjacent to an activating group) is 1. The number of hydrogen-bond acceptors (Lipinski definition) is 3. The molecule has 0 aliphatic rings. The van der Waals surface area contributed by atoms with E-state index in [-0.39, 0.29) is 12.3 Å². The molecule has 1 N–H and O–H groups in total. The minimum absolute atomic E-state index is 0.216. The number of rotatable bonds is 6. The van der Waals surface area contributed by atoms with E-state index in [0.717, 1.165) is 0 Å². The number of hydrogen-bond donors (Lipinski definition) is 1. The summed E-state index contributed by atoms with van der Waals surface area (Å²) >= 11 is 0. The Labute approximate surface area is 112 Å². The lowest BCUT2D eigenvalue weighted by molar-refractivity contribution is -0.141. The molecule has 19 heavy (non-hydrogen) atoms. The van der Waals surface area contributed by atoms with Crippen LogP contribution in [0, 0.1) is 0 Å². The van der Waals surface area contributed by atoms with E-state index in [9.17, 15) is 9.59 Å². The fourth-order valence-corrected chi connectivity index (χ4v) is 1.80. The van der Waals surface area contributed by atoms with E-state index in [1.165, 1.54) is 4.90 Å². The molecule has 0 bridgehead atoms. The first kappa shape index (κ1) is 15.0. The van der Waals surface area contributed by atoms with Crippen molar-refractivity contribution < 1.29 is 19.4 Å². The molecule has 0 spiro atoms. The summed E-state index contributed by atoms with van der Waals surface area (Å²) in [5, 5.41) is 8.92. The van der Waals surface area contributed by atoms with Crippen LogP contribution >= 0.6 is 0 Å². The summed E-state index contributed by atoms with van der Waals surface area (Å²) in [5.41, 5.74) is 0.685. The molecule has 1 atom stereocenters. The molecular weight excluding hydrogens is 246 g/mol. The van der Waals surface area contributed by atoms with Gasteiger partial charge < -0.3 is 14.7 Å². The Morgan fingerprint density at radius 2 is 1.84 bits per heavy atom. The first-order chi connectivity index (χ1) is 8.95. The number of carboxylic acids is 1. The summed E-state index contributed by atoms with van der Waals surface area (Å²) in [4.78, 5) is 24.3. The number of ether oxygens (including phenoxy) is 1. The van der Waals surface area contributed by atoms with Gasteiger partial charge in [-0.05, 0) is 24.6 Å². The normalized spacial score (nSPS) is 11.7. The van der Waals surface area contributed by atoms with Crippen molar-refractivity contribution in [3.05, 3.63) is 29.8 Å². The molecule has 5 nitrogen and oxygen atoms in total. The van der Waals surface area contributed by atoms with E-state index >= 15 is 0 Å². The molecule has 0 radical (unpaired) electrons. The third-order valence-electron chi connectivity index (χ3n) is 2.71. The topological polar surface area (TPSA) is 66.8 Å². The Bertz CT molecular complexity index is 439. The molecule has 1 aromatic carbocycles. The van der Waals surface area contributed by atoms with Gasteiger partial charge in [-0.2, -0.15) is 0 Å². The standard InChI is InChI=1S/C14H19NO4/c1-4-19-11-7-5-10(6-8-11)12(9-13(16)17)14(18)15(2)3/h5-8,12H,4,9H2,1-3H3,(H,16,17). The van der Waals surface area contributed by atoms with Crippen molar-refractivity contribution in [2.75, 3.05) is 20.7 Å². The molecule has 1 amide bonds. The van der Waals surface area contributed by atoms with Crippen LogP contribution in [-0.4, -0.2) is 42.6 Å². The molecule has 0 saturated heterocycles. The van der Waals surface area contributed by atoms with E-state index in [0.29, 0.717) is 17.9 Å². The van der Waals surface area contributed by atoms with Gasteiger partial charge in [0.25, 0.3) is 0 Å². The van der Waals surface area contributed by atoms with E-state index in [4.69, 9.17) is 9.84 Å². The number of benzene rings is 1. The second kappa shape index (κ2) is 6.78. The first-order valence-corrected chi connectivity index (χ1v) is 6.11. The van der Waals surface area contributed by atoms with E-state index < -0.39 is 11.9 Å². The number of nitrogens with zero attached hydrogens (tertiary/aromatic N) is 1. The van der Waals surface area contributed by atoms with Gasteiger partial charge in [0.2, 0.25) is 5.91 Å². The summed E-state index contributed by atoms with van der Waals surface area (Å²) in [6.45, 7) is 2.45. The van der Waals surface area contributed by atoms with Crippen molar-refractivity contribution in [2.45, 2.75) is 19.3 Å². The quantitative estimate of drug-likeness (QED) is 0.850. The van der Waals surface area contributed by atoms with Crippen molar-refractivity contribution in [1.82, 2.24) is 4.90 Å². The summed E-state index contributed by atoms with van der Waals surface area (Å²) in [7, 11) is 3.23. The Morgan fingerprint density at radius 3 is 2.26 bits per heavy atom. The number of carbonyl (C=O) groups is 2. The zero-order valence-electron chi connectivity index (χ0n) is 11.4. The van der Waals surface area contributed by atoms with Gasteiger partial charge in [0.15, 0.2) is 0 Å². The second-order valence-corrected chi connectivity index (χ2v) is 4.39. The predicted molar refractivity (Wildman–Crippen MR) is 71.3 cm³/mol. The maximum Gasteiger partial charge on any atom is 0.304 e. The molecule has 1 aromatic rings. The number of aliphatic carboxylic acids is 1. The van der Waals surface area contributed by atoms with Gasteiger partial charge in [-0.25, -0.2) is 0 Å². The maximum atomic E-state index is 12.0. The lowest BCUT2D eigenvalue weighted by atomic mass is 9.94. The minimum Gasteiger partial charge on any atom is -0.494 e. The maximum absolute atomic E-state index is 12.0. The van der Waals surface area contributed by atoms with Gasteiger partial charge in [0.1, 0.15) is 5.75 Å². The van der Waals surface area contributed by atoms with E-state index in [2.05, 4.69) is 0 Å². The highest BCUT2D eigenvalue weighted by Crippen LogP contribution is 2.24. The lowest BCUT2D eigenvalue weighted by Crippen LogP contribution is -2.29. The van der Waals surface area contributed by atoms with Crippen molar-refractivity contribution in [2.24, 2.45) is 0 Å². The van der Waals surface area contributed by atoms with Crippen LogP contribution < -0.4 is 4.74 Å². The van der Waals surface area contributed by atoms with Crippen LogP contribution in [0.1, 0.15) is 24.8 Å². The molecule has 0 aromatic heterocycles. The Kier molecular flexibility index (Phi) is 5.36. The molecule has 0 aliphatic heterocycles. The summed E-state index contributed by atoms with van der Waals surface area (Å²) in [6.07, 6.45) is -0.217. The number of amides is 1. The monoisotopic (exact) mass is 265 g/mol. The molecule has 0 heterocycles. The number of carbonyl (C=O) groups excluding carboxylic acids is 1. The van der Waals surface area contributed by atoms with Crippen LogP contribution in [0.3, 0.4) is 0 Å². The molecule has 0 aliphatic carbocycles. The third kappa shape index (κ3) is 4.28. The SMILES string of the molecule is CCOc1ccc(C(CC(=O)O)C(=O)N(C)C)cc1.